The Morgan fingerprint density at radius 1 is 1.22 bits per heavy atom. The van der Waals surface area contributed by atoms with Gasteiger partial charge in [-0.2, -0.15) is 0 Å². The molecule has 0 aromatic heterocycles. The topological polar surface area (TPSA) is 57.5 Å². The second kappa shape index (κ2) is 4.11. The van der Waals surface area contributed by atoms with Crippen LogP contribution in [0.15, 0.2) is 12.7 Å². The van der Waals surface area contributed by atoms with E-state index in [0.717, 1.165) is 12.8 Å². The molecule has 0 aromatic carbocycles. The molecule has 0 saturated heterocycles. The van der Waals surface area contributed by atoms with Gasteiger partial charge in [0.15, 0.2) is 0 Å². The van der Waals surface area contributed by atoms with Gasteiger partial charge in [0, 0.05) is 22.7 Å². The Morgan fingerprint density at radius 2 is 1.87 bits per heavy atom. The molecule has 4 aliphatic carbocycles. The molecule has 0 aliphatic heterocycles. The molecule has 2 N–H and O–H groups in total. The fraction of sp³-hybridized carbons (Fsp3) is 0.850. The lowest BCUT2D eigenvalue weighted by molar-refractivity contribution is -0.123. The van der Waals surface area contributed by atoms with Gasteiger partial charge < -0.3 is 10.2 Å². The Balaban J connectivity index is 1.92. The van der Waals surface area contributed by atoms with Gasteiger partial charge in [0.05, 0.1) is 12.2 Å². The summed E-state index contributed by atoms with van der Waals surface area (Å²) in [6.07, 6.45) is 3.73. The molecule has 0 amide bonds. The first-order valence-corrected chi connectivity index (χ1v) is 9.16. The first-order valence-electron chi connectivity index (χ1n) is 9.16. The van der Waals surface area contributed by atoms with Gasteiger partial charge in [-0.3, -0.25) is 4.79 Å². The highest BCUT2D eigenvalue weighted by Crippen LogP contribution is 2.91. The van der Waals surface area contributed by atoms with Gasteiger partial charge in [0.2, 0.25) is 0 Å². The molecule has 4 fully saturated rings. The first kappa shape index (κ1) is 15.8. The van der Waals surface area contributed by atoms with Crippen molar-refractivity contribution in [2.45, 2.75) is 65.6 Å². The van der Waals surface area contributed by atoms with E-state index in [1.807, 2.05) is 13.0 Å². The van der Waals surface area contributed by atoms with Crippen molar-refractivity contribution in [1.82, 2.24) is 0 Å². The zero-order valence-corrected chi connectivity index (χ0v) is 14.8. The minimum atomic E-state index is -0.553. The third kappa shape index (κ3) is 1.33. The van der Waals surface area contributed by atoms with Gasteiger partial charge in [-0.05, 0) is 42.4 Å². The predicted octanol–water partition coefficient (Wildman–Crippen LogP) is 2.95. The number of aliphatic hydroxyl groups excluding tert-OH is 2. The van der Waals surface area contributed by atoms with Crippen molar-refractivity contribution in [3.63, 3.8) is 0 Å². The monoisotopic (exact) mass is 318 g/mol. The van der Waals surface area contributed by atoms with Crippen LogP contribution in [0.3, 0.4) is 0 Å². The smallest absolute Gasteiger partial charge is 0.139 e. The molecule has 4 aliphatic rings. The Hall–Kier alpha value is -0.670. The summed E-state index contributed by atoms with van der Waals surface area (Å²) in [5.74, 6) is 1.05. The van der Waals surface area contributed by atoms with Crippen LogP contribution in [0.1, 0.15) is 53.4 Å². The predicted molar refractivity (Wildman–Crippen MR) is 88.6 cm³/mol. The molecule has 0 radical (unpaired) electrons. The third-order valence-corrected chi connectivity index (χ3v) is 9.11. The number of hydrogen-bond acceptors (Lipinski definition) is 3. The zero-order valence-electron chi connectivity index (χ0n) is 14.8. The summed E-state index contributed by atoms with van der Waals surface area (Å²) in [6.45, 7) is 12.5. The lowest BCUT2D eigenvalue weighted by Gasteiger charge is -2.50. The van der Waals surface area contributed by atoms with E-state index in [1.54, 1.807) is 0 Å². The summed E-state index contributed by atoms with van der Waals surface area (Å²) < 4.78 is 0. The van der Waals surface area contributed by atoms with E-state index in [1.165, 1.54) is 0 Å². The lowest BCUT2D eigenvalue weighted by Crippen LogP contribution is -2.52. The normalized spacial score (nSPS) is 63.9. The van der Waals surface area contributed by atoms with E-state index in [2.05, 4.69) is 27.4 Å². The molecular formula is C20H30O3. The maximum Gasteiger partial charge on any atom is 0.139 e. The van der Waals surface area contributed by atoms with Crippen LogP contribution < -0.4 is 0 Å². The van der Waals surface area contributed by atoms with Crippen LogP contribution in [0.4, 0.5) is 0 Å². The second-order valence-corrected chi connectivity index (χ2v) is 9.50. The minimum Gasteiger partial charge on any atom is -0.393 e. The summed E-state index contributed by atoms with van der Waals surface area (Å²) in [4.78, 5) is 12.9. The average molecular weight is 318 g/mol. The summed E-state index contributed by atoms with van der Waals surface area (Å²) >= 11 is 0. The molecule has 3 heteroatoms. The van der Waals surface area contributed by atoms with Gasteiger partial charge >= 0.3 is 0 Å². The maximum atomic E-state index is 12.9. The molecule has 2 unspecified atom stereocenters. The van der Waals surface area contributed by atoms with E-state index < -0.39 is 17.6 Å². The van der Waals surface area contributed by atoms with E-state index in [9.17, 15) is 15.0 Å². The average Bonchev–Trinajstić information content (AvgIpc) is 2.88. The molecule has 4 saturated carbocycles. The van der Waals surface area contributed by atoms with Crippen LogP contribution in [0, 0.1) is 39.4 Å². The Morgan fingerprint density at radius 3 is 2.48 bits per heavy atom. The number of aliphatic hydroxyl groups is 2. The molecule has 0 aromatic rings. The van der Waals surface area contributed by atoms with Gasteiger partial charge in [0.1, 0.15) is 5.78 Å². The number of Topliss-reactive ketones (excluding diaryl/α,β-unsaturated/α-hetero) is 1. The maximum absolute atomic E-state index is 12.9. The van der Waals surface area contributed by atoms with Gasteiger partial charge in [-0.1, -0.05) is 33.8 Å². The summed E-state index contributed by atoms with van der Waals surface area (Å²) in [5.41, 5.74) is -1.10. The highest BCUT2D eigenvalue weighted by atomic mass is 16.3. The van der Waals surface area contributed by atoms with Gasteiger partial charge in [-0.15, -0.1) is 6.58 Å². The molecule has 128 valence electrons. The number of rotatable bonds is 1. The first-order chi connectivity index (χ1) is 10.6. The number of carbonyl (C=O) groups excluding carboxylic acids is 1. The Bertz CT molecular complexity index is 600. The number of carbonyl (C=O) groups is 1. The fourth-order valence-corrected chi connectivity index (χ4v) is 7.68. The van der Waals surface area contributed by atoms with Crippen LogP contribution in [0.5, 0.6) is 0 Å². The van der Waals surface area contributed by atoms with Crippen molar-refractivity contribution in [2.24, 2.45) is 39.4 Å². The van der Waals surface area contributed by atoms with Gasteiger partial charge in [0.25, 0.3) is 0 Å². The Kier molecular flexibility index (Phi) is 2.83. The summed E-state index contributed by atoms with van der Waals surface area (Å²) in [6, 6.07) is 0. The van der Waals surface area contributed by atoms with Crippen LogP contribution in [-0.4, -0.2) is 28.2 Å². The van der Waals surface area contributed by atoms with Crippen molar-refractivity contribution in [2.75, 3.05) is 0 Å². The van der Waals surface area contributed by atoms with Crippen molar-refractivity contribution < 1.29 is 15.0 Å². The molecule has 23 heavy (non-hydrogen) atoms. The zero-order chi connectivity index (χ0) is 17.0. The highest BCUT2D eigenvalue weighted by Gasteiger charge is 2.91. The molecule has 9 atom stereocenters. The second-order valence-electron chi connectivity index (χ2n) is 9.50. The van der Waals surface area contributed by atoms with Crippen LogP contribution in [0.2, 0.25) is 0 Å². The largest absolute Gasteiger partial charge is 0.393 e. The molecule has 4 rings (SSSR count). The summed E-state index contributed by atoms with van der Waals surface area (Å²) in [7, 11) is 0. The van der Waals surface area contributed by atoms with Crippen molar-refractivity contribution in [3.8, 4) is 0 Å². The number of hydrogen-bond donors (Lipinski definition) is 2. The standard InChI is InChI=1S/C20H30O3/c1-6-17(4)10-14(22)18(5)11(2)9-20-13(21)7-8-19(20,16(18)20)12(3)15(17)23/h6,11-12,14-16,22-23H,1,7-10H2,2-5H3/t11?,12-,14+,15-,16?,17+,18-,19+,20-/m0/s1. The molecule has 0 bridgehead atoms. The third-order valence-electron chi connectivity index (χ3n) is 9.11. The number of ketones is 1. The van der Waals surface area contributed by atoms with Crippen LogP contribution >= 0.6 is 0 Å². The minimum absolute atomic E-state index is 0.0706. The van der Waals surface area contributed by atoms with Gasteiger partial charge in [-0.25, -0.2) is 0 Å². The van der Waals surface area contributed by atoms with Crippen LogP contribution in [-0.2, 0) is 4.79 Å². The quantitative estimate of drug-likeness (QED) is 0.731. The van der Waals surface area contributed by atoms with E-state index in [-0.39, 0.29) is 28.1 Å². The molecule has 2 spiro atoms. The molecular weight excluding hydrogens is 288 g/mol. The fourth-order valence-electron chi connectivity index (χ4n) is 7.68. The van der Waals surface area contributed by atoms with Crippen molar-refractivity contribution >= 4 is 5.78 Å². The highest BCUT2D eigenvalue weighted by molar-refractivity contribution is 5.94. The van der Waals surface area contributed by atoms with E-state index in [4.69, 9.17) is 0 Å². The Labute approximate surface area is 139 Å². The van der Waals surface area contributed by atoms with E-state index in [0.29, 0.717) is 24.5 Å². The lowest BCUT2D eigenvalue weighted by atomic mass is 9.57. The van der Waals surface area contributed by atoms with Crippen LogP contribution in [0.25, 0.3) is 0 Å². The SMILES string of the molecule is C=C[C@]1(C)C[C@@H](O)[C@]2(C)C(C)C[C@@]34C(=O)CC[C@]3(C24)[C@@H](C)[C@@H]1O. The summed E-state index contributed by atoms with van der Waals surface area (Å²) in [5, 5.41) is 22.3. The van der Waals surface area contributed by atoms with E-state index >= 15 is 0 Å². The van der Waals surface area contributed by atoms with Crippen molar-refractivity contribution in [1.29, 1.82) is 0 Å². The van der Waals surface area contributed by atoms with Crippen molar-refractivity contribution in [3.05, 3.63) is 12.7 Å². The molecule has 3 nitrogen and oxygen atoms in total. The molecule has 0 heterocycles.